The van der Waals surface area contributed by atoms with Crippen LogP contribution in [0.25, 0.3) is 0 Å². The largest absolute Gasteiger partial charge is 0.462 e. The van der Waals surface area contributed by atoms with Crippen LogP contribution in [0.15, 0.2) is 59.8 Å². The lowest BCUT2D eigenvalue weighted by Gasteiger charge is -2.34. The van der Waals surface area contributed by atoms with Crippen molar-refractivity contribution >= 4 is 17.6 Å². The van der Waals surface area contributed by atoms with Gasteiger partial charge in [-0.15, -0.1) is 0 Å². The number of allylic oxidation sites excluding steroid dienone is 1. The van der Waals surface area contributed by atoms with Crippen LogP contribution in [-0.2, 0) is 20.9 Å². The molecule has 0 N–H and O–H groups in total. The molecule has 0 aliphatic carbocycles. The van der Waals surface area contributed by atoms with Gasteiger partial charge in [-0.05, 0) is 30.9 Å². The average molecular weight is 437 g/mol. The molecule has 1 heterocycles. The van der Waals surface area contributed by atoms with Crippen LogP contribution in [0.2, 0.25) is 0 Å². The van der Waals surface area contributed by atoms with E-state index < -0.39 is 16.8 Å². The van der Waals surface area contributed by atoms with Crippen LogP contribution < -0.4 is 0 Å². The zero-order valence-corrected chi connectivity index (χ0v) is 18.8. The Labute approximate surface area is 187 Å². The molecule has 1 atom stereocenters. The summed E-state index contributed by atoms with van der Waals surface area (Å²) >= 11 is 0. The number of benzene rings is 2. The lowest BCUT2D eigenvalue weighted by molar-refractivity contribution is -0.384. The summed E-state index contributed by atoms with van der Waals surface area (Å²) in [4.78, 5) is 38.7. The predicted molar refractivity (Wildman–Crippen MR) is 121 cm³/mol. The topological polar surface area (TPSA) is 89.7 Å². The molecule has 1 amide bonds. The number of esters is 1. The van der Waals surface area contributed by atoms with E-state index in [4.69, 9.17) is 4.74 Å². The van der Waals surface area contributed by atoms with Crippen molar-refractivity contribution in [3.05, 3.63) is 86.6 Å². The molecule has 1 aliphatic rings. The molecular weight excluding hydrogens is 408 g/mol. The Morgan fingerprint density at radius 2 is 1.91 bits per heavy atom. The highest BCUT2D eigenvalue weighted by Crippen LogP contribution is 2.38. The van der Waals surface area contributed by atoms with Gasteiger partial charge in [-0.3, -0.25) is 14.9 Å². The van der Waals surface area contributed by atoms with E-state index in [1.165, 1.54) is 12.1 Å². The molecular formula is C25H28N2O5. The van der Waals surface area contributed by atoms with Gasteiger partial charge in [0.15, 0.2) is 0 Å². The fraction of sp³-hybridized carbons (Fsp3) is 0.360. The number of carbonyl (C=O) groups is 2. The molecule has 1 aliphatic heterocycles. The third kappa shape index (κ3) is 5.22. The molecule has 0 bridgehead atoms. The van der Waals surface area contributed by atoms with Gasteiger partial charge < -0.3 is 9.64 Å². The van der Waals surface area contributed by atoms with Crippen molar-refractivity contribution in [3.63, 3.8) is 0 Å². The van der Waals surface area contributed by atoms with Crippen molar-refractivity contribution in [2.24, 2.45) is 5.92 Å². The summed E-state index contributed by atoms with van der Waals surface area (Å²) in [5.74, 6) is -1.07. The van der Waals surface area contributed by atoms with Gasteiger partial charge in [0, 0.05) is 30.2 Å². The number of non-ortho nitro benzene ring substituents is 1. The minimum Gasteiger partial charge on any atom is -0.462 e. The molecule has 7 nitrogen and oxygen atoms in total. The van der Waals surface area contributed by atoms with Crippen LogP contribution in [0, 0.1) is 23.0 Å². The Morgan fingerprint density at radius 1 is 1.19 bits per heavy atom. The van der Waals surface area contributed by atoms with Gasteiger partial charge in [-0.1, -0.05) is 55.8 Å². The van der Waals surface area contributed by atoms with Gasteiger partial charge in [0.1, 0.15) is 0 Å². The van der Waals surface area contributed by atoms with E-state index in [1.807, 2.05) is 45.0 Å². The second-order valence-corrected chi connectivity index (χ2v) is 8.57. The molecule has 32 heavy (non-hydrogen) atoms. The Morgan fingerprint density at radius 3 is 2.56 bits per heavy atom. The highest BCUT2D eigenvalue weighted by Gasteiger charge is 2.37. The SMILES string of the molecule is CC1=C(C(=O)OCC(C)C)[C@H](c2cccc([N+](=O)[O-])c2)CC(=O)N1Cc1cccc(C)c1. The fourth-order valence-electron chi connectivity index (χ4n) is 3.92. The predicted octanol–water partition coefficient (Wildman–Crippen LogP) is 4.89. The molecule has 2 aromatic rings. The van der Waals surface area contributed by atoms with Gasteiger partial charge >= 0.3 is 5.97 Å². The van der Waals surface area contributed by atoms with Crippen LogP contribution >= 0.6 is 0 Å². The summed E-state index contributed by atoms with van der Waals surface area (Å²) in [6, 6.07) is 14.0. The molecule has 168 valence electrons. The van der Waals surface area contributed by atoms with Crippen LogP contribution in [-0.4, -0.2) is 28.3 Å². The van der Waals surface area contributed by atoms with Gasteiger partial charge in [-0.2, -0.15) is 0 Å². The molecule has 0 radical (unpaired) electrons. The zero-order valence-electron chi connectivity index (χ0n) is 18.8. The molecule has 0 unspecified atom stereocenters. The second-order valence-electron chi connectivity index (χ2n) is 8.57. The molecule has 0 fully saturated rings. The first-order valence-corrected chi connectivity index (χ1v) is 10.7. The molecule has 0 saturated heterocycles. The summed E-state index contributed by atoms with van der Waals surface area (Å²) in [6.07, 6.45) is 0.0381. The summed E-state index contributed by atoms with van der Waals surface area (Å²) in [5, 5.41) is 11.3. The third-order valence-corrected chi connectivity index (χ3v) is 5.50. The van der Waals surface area contributed by atoms with Crippen LogP contribution in [0.5, 0.6) is 0 Å². The van der Waals surface area contributed by atoms with Gasteiger partial charge in [0.2, 0.25) is 5.91 Å². The monoisotopic (exact) mass is 436 g/mol. The number of hydrogen-bond donors (Lipinski definition) is 0. The molecule has 3 rings (SSSR count). The Kier molecular flexibility index (Phi) is 7.08. The van der Waals surface area contributed by atoms with Crippen molar-refractivity contribution in [1.29, 1.82) is 0 Å². The molecule has 0 aromatic heterocycles. The van der Waals surface area contributed by atoms with Gasteiger partial charge in [0.05, 0.1) is 23.6 Å². The molecule has 0 spiro atoms. The highest BCUT2D eigenvalue weighted by molar-refractivity contribution is 5.96. The Balaban J connectivity index is 2.04. The number of aryl methyl sites for hydroxylation is 1. The number of hydrogen-bond acceptors (Lipinski definition) is 5. The number of carbonyl (C=O) groups excluding carboxylic acids is 2. The maximum atomic E-state index is 13.1. The first kappa shape index (κ1) is 23.2. The van der Waals surface area contributed by atoms with E-state index in [-0.39, 0.29) is 30.5 Å². The van der Waals surface area contributed by atoms with E-state index in [0.29, 0.717) is 23.4 Å². The van der Waals surface area contributed by atoms with Crippen LogP contribution in [0.1, 0.15) is 49.8 Å². The summed E-state index contributed by atoms with van der Waals surface area (Å²) in [7, 11) is 0. The second kappa shape index (κ2) is 9.77. The van der Waals surface area contributed by atoms with E-state index in [9.17, 15) is 19.7 Å². The Bertz CT molecular complexity index is 1070. The van der Waals surface area contributed by atoms with Crippen molar-refractivity contribution in [2.75, 3.05) is 6.61 Å². The maximum absolute atomic E-state index is 13.1. The van der Waals surface area contributed by atoms with E-state index in [1.54, 1.807) is 24.0 Å². The van der Waals surface area contributed by atoms with Crippen LogP contribution in [0.4, 0.5) is 5.69 Å². The zero-order chi connectivity index (χ0) is 23.4. The Hall–Kier alpha value is -3.48. The minimum atomic E-state index is -0.601. The summed E-state index contributed by atoms with van der Waals surface area (Å²) in [6.45, 7) is 8.21. The smallest absolute Gasteiger partial charge is 0.336 e. The van der Waals surface area contributed by atoms with E-state index in [0.717, 1.165) is 11.1 Å². The molecule has 0 saturated carbocycles. The highest BCUT2D eigenvalue weighted by atomic mass is 16.6. The number of ether oxygens (including phenoxy) is 1. The van der Waals surface area contributed by atoms with Gasteiger partial charge in [-0.25, -0.2) is 4.79 Å². The molecule has 2 aromatic carbocycles. The standard InChI is InChI=1S/C25H28N2O5/c1-16(2)15-32-25(29)24-18(4)26(14-19-8-5-7-17(3)11-19)23(28)13-22(24)20-9-6-10-21(12-20)27(30)31/h5-12,16,22H,13-15H2,1-4H3/t22-/m0/s1. The maximum Gasteiger partial charge on any atom is 0.336 e. The number of nitro benzene ring substituents is 1. The summed E-state index contributed by atoms with van der Waals surface area (Å²) < 4.78 is 5.53. The van der Waals surface area contributed by atoms with E-state index in [2.05, 4.69) is 0 Å². The number of rotatable bonds is 7. The van der Waals surface area contributed by atoms with Crippen molar-refractivity contribution in [3.8, 4) is 0 Å². The van der Waals surface area contributed by atoms with E-state index >= 15 is 0 Å². The third-order valence-electron chi connectivity index (χ3n) is 5.50. The van der Waals surface area contributed by atoms with Crippen molar-refractivity contribution < 1.29 is 19.2 Å². The first-order valence-electron chi connectivity index (χ1n) is 10.7. The van der Waals surface area contributed by atoms with Crippen LogP contribution in [0.3, 0.4) is 0 Å². The fourth-order valence-corrected chi connectivity index (χ4v) is 3.92. The molecule has 7 heteroatoms. The lowest BCUT2D eigenvalue weighted by Crippen LogP contribution is -2.38. The van der Waals surface area contributed by atoms with Gasteiger partial charge in [0.25, 0.3) is 5.69 Å². The number of amides is 1. The number of nitro groups is 1. The summed E-state index contributed by atoms with van der Waals surface area (Å²) in [5.41, 5.74) is 3.41. The average Bonchev–Trinajstić information content (AvgIpc) is 2.74. The quantitative estimate of drug-likeness (QED) is 0.350. The normalized spacial score (nSPS) is 16.5. The first-order chi connectivity index (χ1) is 15.2. The van der Waals surface area contributed by atoms with Crippen molar-refractivity contribution in [2.45, 2.75) is 46.6 Å². The lowest BCUT2D eigenvalue weighted by atomic mass is 9.83. The number of nitrogens with zero attached hydrogens (tertiary/aromatic N) is 2. The van der Waals surface area contributed by atoms with Crippen molar-refractivity contribution in [1.82, 2.24) is 4.90 Å². The minimum absolute atomic E-state index is 0.0381.